The Morgan fingerprint density at radius 1 is 1.38 bits per heavy atom. The third-order valence-electron chi connectivity index (χ3n) is 5.12. The number of hydrogen-bond donors (Lipinski definition) is 1. The Bertz CT molecular complexity index is 350. The van der Waals surface area contributed by atoms with Crippen molar-refractivity contribution in [1.82, 2.24) is 15.1 Å². The lowest BCUT2D eigenvalue weighted by molar-refractivity contribution is -0.00532. The summed E-state index contributed by atoms with van der Waals surface area (Å²) in [6.45, 7) is 7.25. The maximum absolute atomic E-state index is 5.54. The lowest BCUT2D eigenvalue weighted by Crippen LogP contribution is -2.58. The monoisotopic (exact) mass is 296 g/mol. The quantitative estimate of drug-likeness (QED) is 0.631. The molecule has 2 aliphatic rings. The SMILES string of the molecule is CN=C(NCC1(N(C)C)CCOCC1)N1CCCC(C)C1. The molecule has 2 rings (SSSR count). The summed E-state index contributed by atoms with van der Waals surface area (Å²) in [5, 5.41) is 3.63. The molecule has 2 aliphatic heterocycles. The molecular weight excluding hydrogens is 264 g/mol. The van der Waals surface area contributed by atoms with Gasteiger partial charge in [-0.05, 0) is 45.7 Å². The predicted octanol–water partition coefficient (Wildman–Crippen LogP) is 1.40. The van der Waals surface area contributed by atoms with E-state index in [1.165, 1.54) is 12.8 Å². The molecule has 5 heteroatoms. The minimum atomic E-state index is 0.190. The molecule has 0 radical (unpaired) electrons. The highest BCUT2D eigenvalue weighted by atomic mass is 16.5. The van der Waals surface area contributed by atoms with Crippen LogP contribution in [-0.4, -0.2) is 75.3 Å². The number of piperidine rings is 1. The molecule has 0 spiro atoms. The van der Waals surface area contributed by atoms with Crippen LogP contribution in [0, 0.1) is 5.92 Å². The smallest absolute Gasteiger partial charge is 0.193 e. The molecule has 2 heterocycles. The van der Waals surface area contributed by atoms with Crippen molar-refractivity contribution in [2.75, 3.05) is 54.0 Å². The van der Waals surface area contributed by atoms with Crippen molar-refractivity contribution < 1.29 is 4.74 Å². The van der Waals surface area contributed by atoms with E-state index in [9.17, 15) is 0 Å². The zero-order valence-electron chi connectivity index (χ0n) is 14.2. The average Bonchev–Trinajstić information content (AvgIpc) is 2.49. The number of nitrogens with one attached hydrogen (secondary N) is 1. The number of likely N-dealkylation sites (N-methyl/N-ethyl adjacent to an activating group) is 1. The van der Waals surface area contributed by atoms with E-state index in [1.54, 1.807) is 0 Å². The van der Waals surface area contributed by atoms with E-state index in [0.717, 1.165) is 57.6 Å². The predicted molar refractivity (Wildman–Crippen MR) is 87.8 cm³/mol. The van der Waals surface area contributed by atoms with Crippen LogP contribution in [0.2, 0.25) is 0 Å². The molecule has 0 aromatic rings. The summed E-state index contributed by atoms with van der Waals surface area (Å²) in [4.78, 5) is 9.27. The van der Waals surface area contributed by atoms with Crippen LogP contribution in [0.15, 0.2) is 4.99 Å². The van der Waals surface area contributed by atoms with E-state index in [4.69, 9.17) is 4.74 Å². The minimum absolute atomic E-state index is 0.190. The minimum Gasteiger partial charge on any atom is -0.381 e. The summed E-state index contributed by atoms with van der Waals surface area (Å²) in [6, 6.07) is 0. The normalized spacial score (nSPS) is 27.0. The van der Waals surface area contributed by atoms with Crippen LogP contribution in [0.5, 0.6) is 0 Å². The summed E-state index contributed by atoms with van der Waals surface area (Å²) >= 11 is 0. The molecule has 0 bridgehead atoms. The van der Waals surface area contributed by atoms with Crippen molar-refractivity contribution >= 4 is 5.96 Å². The molecule has 21 heavy (non-hydrogen) atoms. The third kappa shape index (κ3) is 4.10. The molecule has 0 amide bonds. The van der Waals surface area contributed by atoms with E-state index < -0.39 is 0 Å². The largest absolute Gasteiger partial charge is 0.381 e. The van der Waals surface area contributed by atoms with Crippen LogP contribution in [0.3, 0.4) is 0 Å². The molecule has 0 aliphatic carbocycles. The van der Waals surface area contributed by atoms with Gasteiger partial charge in [0.05, 0.1) is 0 Å². The molecule has 2 fully saturated rings. The lowest BCUT2D eigenvalue weighted by Gasteiger charge is -2.44. The zero-order valence-corrected chi connectivity index (χ0v) is 14.2. The number of nitrogens with zero attached hydrogens (tertiary/aromatic N) is 3. The van der Waals surface area contributed by atoms with Crippen molar-refractivity contribution in [3.8, 4) is 0 Å². The molecule has 5 nitrogen and oxygen atoms in total. The van der Waals surface area contributed by atoms with Crippen LogP contribution in [0.4, 0.5) is 0 Å². The van der Waals surface area contributed by atoms with E-state index in [1.807, 2.05) is 7.05 Å². The van der Waals surface area contributed by atoms with Crippen LogP contribution < -0.4 is 5.32 Å². The van der Waals surface area contributed by atoms with Gasteiger partial charge in [0.25, 0.3) is 0 Å². The Labute approximate surface area is 129 Å². The zero-order chi connectivity index (χ0) is 15.3. The maximum atomic E-state index is 5.54. The van der Waals surface area contributed by atoms with Crippen LogP contribution in [-0.2, 0) is 4.74 Å². The average molecular weight is 296 g/mol. The number of likely N-dealkylation sites (tertiary alicyclic amines) is 1. The number of rotatable bonds is 3. The Morgan fingerprint density at radius 3 is 2.67 bits per heavy atom. The standard InChI is InChI=1S/C16H32N4O/c1-14-6-5-9-20(12-14)15(17-2)18-13-16(19(3)4)7-10-21-11-8-16/h14H,5-13H2,1-4H3,(H,17,18). The van der Waals surface area contributed by atoms with Gasteiger partial charge in [0.15, 0.2) is 5.96 Å². The Kier molecular flexibility index (Phi) is 5.88. The second-order valence-corrected chi connectivity index (χ2v) is 6.83. The van der Waals surface area contributed by atoms with Gasteiger partial charge >= 0.3 is 0 Å². The summed E-state index contributed by atoms with van der Waals surface area (Å²) in [6.07, 6.45) is 4.78. The molecule has 1 N–H and O–H groups in total. The molecule has 1 unspecified atom stereocenters. The molecule has 1 atom stereocenters. The van der Waals surface area contributed by atoms with Crippen molar-refractivity contribution in [3.63, 3.8) is 0 Å². The number of guanidine groups is 1. The van der Waals surface area contributed by atoms with Gasteiger partial charge in [0.1, 0.15) is 0 Å². The molecule has 0 saturated carbocycles. The topological polar surface area (TPSA) is 40.1 Å². The van der Waals surface area contributed by atoms with Gasteiger partial charge in [-0.2, -0.15) is 0 Å². The van der Waals surface area contributed by atoms with Gasteiger partial charge in [-0.3, -0.25) is 4.99 Å². The van der Waals surface area contributed by atoms with Crippen molar-refractivity contribution in [2.45, 2.75) is 38.1 Å². The first-order chi connectivity index (χ1) is 10.1. The molecule has 0 aromatic carbocycles. The highest BCUT2D eigenvalue weighted by Gasteiger charge is 2.35. The van der Waals surface area contributed by atoms with Gasteiger partial charge in [0, 0.05) is 45.4 Å². The number of ether oxygens (including phenoxy) is 1. The first kappa shape index (κ1) is 16.6. The fourth-order valence-corrected chi connectivity index (χ4v) is 3.49. The fourth-order valence-electron chi connectivity index (χ4n) is 3.49. The van der Waals surface area contributed by atoms with Crippen LogP contribution in [0.1, 0.15) is 32.6 Å². The van der Waals surface area contributed by atoms with Gasteiger partial charge < -0.3 is 19.9 Å². The Balaban J connectivity index is 1.95. The van der Waals surface area contributed by atoms with E-state index >= 15 is 0 Å². The van der Waals surface area contributed by atoms with Crippen LogP contribution in [0.25, 0.3) is 0 Å². The lowest BCUT2D eigenvalue weighted by atomic mass is 9.88. The van der Waals surface area contributed by atoms with Crippen molar-refractivity contribution in [2.24, 2.45) is 10.9 Å². The number of aliphatic imine (C=N–C) groups is 1. The number of hydrogen-bond acceptors (Lipinski definition) is 3. The van der Waals surface area contributed by atoms with Crippen molar-refractivity contribution in [1.29, 1.82) is 0 Å². The van der Waals surface area contributed by atoms with Crippen molar-refractivity contribution in [3.05, 3.63) is 0 Å². The molecule has 2 saturated heterocycles. The molecular formula is C16H32N4O. The summed E-state index contributed by atoms with van der Waals surface area (Å²) in [5.41, 5.74) is 0.190. The Morgan fingerprint density at radius 2 is 2.10 bits per heavy atom. The second kappa shape index (κ2) is 7.45. The van der Waals surface area contributed by atoms with Gasteiger partial charge in [0.2, 0.25) is 0 Å². The summed E-state index contributed by atoms with van der Waals surface area (Å²) in [7, 11) is 6.26. The van der Waals surface area contributed by atoms with Crippen LogP contribution >= 0.6 is 0 Å². The third-order valence-corrected chi connectivity index (χ3v) is 5.12. The molecule has 0 aromatic heterocycles. The van der Waals surface area contributed by atoms with Gasteiger partial charge in [-0.1, -0.05) is 6.92 Å². The second-order valence-electron chi connectivity index (χ2n) is 6.83. The maximum Gasteiger partial charge on any atom is 0.193 e. The van der Waals surface area contributed by atoms with E-state index in [2.05, 4.69) is 41.1 Å². The highest BCUT2D eigenvalue weighted by molar-refractivity contribution is 5.80. The first-order valence-corrected chi connectivity index (χ1v) is 8.28. The highest BCUT2D eigenvalue weighted by Crippen LogP contribution is 2.25. The summed E-state index contributed by atoms with van der Waals surface area (Å²) in [5.74, 6) is 1.83. The van der Waals surface area contributed by atoms with E-state index in [0.29, 0.717) is 0 Å². The molecule has 122 valence electrons. The fraction of sp³-hybridized carbons (Fsp3) is 0.938. The van der Waals surface area contributed by atoms with E-state index in [-0.39, 0.29) is 5.54 Å². The summed E-state index contributed by atoms with van der Waals surface area (Å²) < 4.78 is 5.54. The Hall–Kier alpha value is -0.810. The van der Waals surface area contributed by atoms with Gasteiger partial charge in [-0.15, -0.1) is 0 Å². The van der Waals surface area contributed by atoms with Gasteiger partial charge in [-0.25, -0.2) is 0 Å². The first-order valence-electron chi connectivity index (χ1n) is 8.28.